The highest BCUT2D eigenvalue weighted by Crippen LogP contribution is 2.36. The van der Waals surface area contributed by atoms with E-state index in [2.05, 4.69) is 51.7 Å². The first-order valence-corrected chi connectivity index (χ1v) is 7.08. The van der Waals surface area contributed by atoms with Gasteiger partial charge in [-0.2, -0.15) is 0 Å². The molecule has 0 unspecified atom stereocenters. The highest BCUT2D eigenvalue weighted by molar-refractivity contribution is 6.62. The summed E-state index contributed by atoms with van der Waals surface area (Å²) in [6, 6.07) is 4.17. The summed E-state index contributed by atoms with van der Waals surface area (Å²) < 4.78 is 12.2. The number of aryl methyl sites for hydroxylation is 2. The molecule has 1 aromatic heterocycles. The van der Waals surface area contributed by atoms with Crippen molar-refractivity contribution in [2.45, 2.75) is 65.6 Å². The van der Waals surface area contributed by atoms with Gasteiger partial charge in [0.05, 0.1) is 11.2 Å². The maximum absolute atomic E-state index is 6.09. The molecule has 1 aromatic rings. The van der Waals surface area contributed by atoms with Gasteiger partial charge in [-0.25, -0.2) is 0 Å². The van der Waals surface area contributed by atoms with Gasteiger partial charge in [0.1, 0.15) is 0 Å². The summed E-state index contributed by atoms with van der Waals surface area (Å²) in [4.78, 5) is 4.56. The lowest BCUT2D eigenvalue weighted by molar-refractivity contribution is 0.00578. The van der Waals surface area contributed by atoms with Crippen molar-refractivity contribution in [3.63, 3.8) is 0 Å². The van der Waals surface area contributed by atoms with Crippen molar-refractivity contribution in [2.75, 3.05) is 0 Å². The quantitative estimate of drug-likeness (QED) is 0.784. The fourth-order valence-corrected chi connectivity index (χ4v) is 2.27. The molecule has 0 atom stereocenters. The monoisotopic (exact) mass is 261 g/mol. The minimum Gasteiger partial charge on any atom is -0.399 e. The fourth-order valence-electron chi connectivity index (χ4n) is 2.27. The molecule has 0 bridgehead atoms. The lowest BCUT2D eigenvalue weighted by Crippen LogP contribution is -2.41. The summed E-state index contributed by atoms with van der Waals surface area (Å²) >= 11 is 0. The highest BCUT2D eigenvalue weighted by atomic mass is 16.7. The third-order valence-electron chi connectivity index (χ3n) is 4.06. The number of rotatable bonds is 3. The molecule has 1 fully saturated rings. The second-order valence-electron chi connectivity index (χ2n) is 6.37. The largest absolute Gasteiger partial charge is 0.494 e. The number of aromatic nitrogens is 1. The Balaban J connectivity index is 2.29. The van der Waals surface area contributed by atoms with Crippen LogP contribution >= 0.6 is 0 Å². The molecule has 2 heterocycles. The Bertz CT molecular complexity index is 455. The van der Waals surface area contributed by atoms with Crippen LogP contribution in [0.15, 0.2) is 12.1 Å². The zero-order valence-corrected chi connectivity index (χ0v) is 12.9. The van der Waals surface area contributed by atoms with E-state index in [4.69, 9.17) is 9.31 Å². The van der Waals surface area contributed by atoms with Gasteiger partial charge in [0, 0.05) is 11.4 Å². The Labute approximate surface area is 116 Å². The van der Waals surface area contributed by atoms with Crippen molar-refractivity contribution in [3.8, 4) is 0 Å². The van der Waals surface area contributed by atoms with Gasteiger partial charge in [0.15, 0.2) is 0 Å². The number of hydrogen-bond acceptors (Lipinski definition) is 3. The highest BCUT2D eigenvalue weighted by Gasteiger charge is 2.51. The molecule has 1 aliphatic rings. The SMILES string of the molecule is CCCc1cc(B2OC(C)(C)C(C)(C)O2)cc(C)n1. The van der Waals surface area contributed by atoms with Crippen molar-refractivity contribution >= 4 is 12.6 Å². The number of hydrogen-bond donors (Lipinski definition) is 0. The van der Waals surface area contributed by atoms with Gasteiger partial charge in [-0.05, 0) is 58.6 Å². The van der Waals surface area contributed by atoms with Crippen LogP contribution in [-0.4, -0.2) is 23.3 Å². The molecular weight excluding hydrogens is 237 g/mol. The van der Waals surface area contributed by atoms with Gasteiger partial charge in [-0.3, -0.25) is 4.98 Å². The summed E-state index contributed by atoms with van der Waals surface area (Å²) in [7, 11) is -0.290. The van der Waals surface area contributed by atoms with E-state index < -0.39 is 0 Å². The molecule has 19 heavy (non-hydrogen) atoms. The Hall–Kier alpha value is -0.865. The molecule has 4 heteroatoms. The van der Waals surface area contributed by atoms with E-state index in [1.807, 2.05) is 6.92 Å². The Morgan fingerprint density at radius 3 is 2.21 bits per heavy atom. The van der Waals surface area contributed by atoms with Crippen LogP contribution in [0.2, 0.25) is 0 Å². The van der Waals surface area contributed by atoms with Gasteiger partial charge in [-0.15, -0.1) is 0 Å². The summed E-state index contributed by atoms with van der Waals surface area (Å²) in [6.07, 6.45) is 2.09. The lowest BCUT2D eigenvalue weighted by Gasteiger charge is -2.32. The van der Waals surface area contributed by atoms with E-state index in [1.54, 1.807) is 0 Å². The Kier molecular flexibility index (Phi) is 3.76. The molecule has 0 N–H and O–H groups in total. The zero-order chi connectivity index (χ0) is 14.3. The van der Waals surface area contributed by atoms with Crippen molar-refractivity contribution in [1.82, 2.24) is 4.98 Å². The molecule has 0 saturated carbocycles. The first kappa shape index (κ1) is 14.5. The van der Waals surface area contributed by atoms with Crippen LogP contribution in [0, 0.1) is 6.92 Å². The Morgan fingerprint density at radius 1 is 1.11 bits per heavy atom. The fraction of sp³-hybridized carbons (Fsp3) is 0.667. The van der Waals surface area contributed by atoms with Gasteiger partial charge in [-0.1, -0.05) is 13.3 Å². The van der Waals surface area contributed by atoms with E-state index in [1.165, 1.54) is 0 Å². The van der Waals surface area contributed by atoms with Crippen LogP contribution < -0.4 is 5.46 Å². The van der Waals surface area contributed by atoms with E-state index in [0.717, 1.165) is 29.7 Å². The summed E-state index contributed by atoms with van der Waals surface area (Å²) in [5, 5.41) is 0. The predicted octanol–water partition coefficient (Wildman–Crippen LogP) is 2.64. The predicted molar refractivity (Wildman–Crippen MR) is 78.7 cm³/mol. The summed E-state index contributed by atoms with van der Waals surface area (Å²) in [6.45, 7) is 12.5. The van der Waals surface area contributed by atoms with E-state index in [9.17, 15) is 0 Å². The molecule has 2 rings (SSSR count). The van der Waals surface area contributed by atoms with Crippen LogP contribution in [0.1, 0.15) is 52.4 Å². The van der Waals surface area contributed by atoms with Crippen molar-refractivity contribution in [3.05, 3.63) is 23.5 Å². The van der Waals surface area contributed by atoms with Crippen molar-refractivity contribution < 1.29 is 9.31 Å². The maximum Gasteiger partial charge on any atom is 0.494 e. The van der Waals surface area contributed by atoms with Crippen LogP contribution in [-0.2, 0) is 15.7 Å². The van der Waals surface area contributed by atoms with Crippen LogP contribution in [0.4, 0.5) is 0 Å². The molecule has 1 saturated heterocycles. The average Bonchev–Trinajstić information content (AvgIpc) is 2.48. The molecule has 1 aliphatic heterocycles. The molecular formula is C15H24BNO2. The first-order chi connectivity index (χ1) is 8.75. The Morgan fingerprint density at radius 2 is 1.68 bits per heavy atom. The molecule has 104 valence electrons. The van der Waals surface area contributed by atoms with E-state index in [-0.39, 0.29) is 18.3 Å². The average molecular weight is 261 g/mol. The lowest BCUT2D eigenvalue weighted by atomic mass is 9.78. The molecule has 0 amide bonds. The van der Waals surface area contributed by atoms with Gasteiger partial charge < -0.3 is 9.31 Å². The second kappa shape index (κ2) is 4.91. The molecule has 0 aromatic carbocycles. The summed E-state index contributed by atoms with van der Waals surface area (Å²) in [5.74, 6) is 0. The van der Waals surface area contributed by atoms with Crippen molar-refractivity contribution in [2.24, 2.45) is 0 Å². The third kappa shape index (κ3) is 2.85. The number of nitrogens with zero attached hydrogens (tertiary/aromatic N) is 1. The van der Waals surface area contributed by atoms with E-state index in [0.29, 0.717) is 0 Å². The first-order valence-electron chi connectivity index (χ1n) is 7.08. The zero-order valence-electron chi connectivity index (χ0n) is 12.9. The smallest absolute Gasteiger partial charge is 0.399 e. The minimum atomic E-state index is -0.292. The van der Waals surface area contributed by atoms with Crippen molar-refractivity contribution in [1.29, 1.82) is 0 Å². The number of pyridine rings is 1. The summed E-state index contributed by atoms with van der Waals surface area (Å²) in [5.41, 5.74) is 2.64. The topological polar surface area (TPSA) is 31.4 Å². The molecule has 0 radical (unpaired) electrons. The van der Waals surface area contributed by atoms with E-state index >= 15 is 0 Å². The van der Waals surface area contributed by atoms with Crippen LogP contribution in [0.5, 0.6) is 0 Å². The van der Waals surface area contributed by atoms with Gasteiger partial charge in [0.25, 0.3) is 0 Å². The standard InChI is InChI=1S/C15H24BNO2/c1-7-8-13-10-12(9-11(2)17-13)16-18-14(3,4)15(5,6)19-16/h9-10H,7-8H2,1-6H3. The second-order valence-corrected chi connectivity index (χ2v) is 6.37. The van der Waals surface area contributed by atoms with Gasteiger partial charge in [0.2, 0.25) is 0 Å². The molecule has 0 spiro atoms. The normalized spacial score (nSPS) is 20.8. The van der Waals surface area contributed by atoms with Crippen LogP contribution in [0.3, 0.4) is 0 Å². The van der Waals surface area contributed by atoms with Gasteiger partial charge >= 0.3 is 7.12 Å². The molecule has 3 nitrogen and oxygen atoms in total. The maximum atomic E-state index is 6.09. The molecule has 0 aliphatic carbocycles. The van der Waals surface area contributed by atoms with Crippen LogP contribution in [0.25, 0.3) is 0 Å². The third-order valence-corrected chi connectivity index (χ3v) is 4.06. The minimum absolute atomic E-state index is 0.290.